The number of rotatable bonds is 5. The molecule has 142 valence electrons. The van der Waals surface area contributed by atoms with E-state index in [1.165, 1.54) is 24.1 Å². The maximum Gasteiger partial charge on any atom is 0.213 e. The van der Waals surface area contributed by atoms with Crippen molar-refractivity contribution in [3.63, 3.8) is 0 Å². The lowest BCUT2D eigenvalue weighted by Crippen LogP contribution is -2.39. The molecule has 0 spiro atoms. The molecule has 1 aromatic carbocycles. The summed E-state index contributed by atoms with van der Waals surface area (Å²) in [6, 6.07) is 6.15. The summed E-state index contributed by atoms with van der Waals surface area (Å²) in [5.41, 5.74) is 0.778. The molecule has 0 aliphatic carbocycles. The molecule has 1 unspecified atom stereocenters. The highest BCUT2D eigenvalue weighted by Crippen LogP contribution is 2.31. The molecule has 0 radical (unpaired) electrons. The lowest BCUT2D eigenvalue weighted by atomic mass is 10.2. The highest BCUT2D eigenvalue weighted by atomic mass is 32.2. The van der Waals surface area contributed by atoms with E-state index in [2.05, 4.69) is 19.8 Å². The van der Waals surface area contributed by atoms with Crippen LogP contribution in [0.15, 0.2) is 36.8 Å². The van der Waals surface area contributed by atoms with Gasteiger partial charge >= 0.3 is 0 Å². The van der Waals surface area contributed by atoms with Crippen molar-refractivity contribution in [1.82, 2.24) is 24.5 Å². The molecule has 8 nitrogen and oxygen atoms in total. The normalized spacial score (nSPS) is 17.7. The van der Waals surface area contributed by atoms with Crippen molar-refractivity contribution >= 4 is 26.9 Å². The van der Waals surface area contributed by atoms with Crippen LogP contribution in [-0.2, 0) is 10.0 Å². The van der Waals surface area contributed by atoms with Crippen molar-refractivity contribution in [2.75, 3.05) is 24.2 Å². The first-order chi connectivity index (χ1) is 13.0. The molecule has 1 fully saturated rings. The van der Waals surface area contributed by atoms with Crippen LogP contribution in [-0.4, -0.2) is 53.6 Å². The smallest absolute Gasteiger partial charge is 0.213 e. The van der Waals surface area contributed by atoms with Gasteiger partial charge in [-0.15, -0.1) is 0 Å². The van der Waals surface area contributed by atoms with E-state index < -0.39 is 15.8 Å². The number of hydrogen-bond donors (Lipinski definition) is 1. The van der Waals surface area contributed by atoms with Crippen LogP contribution in [0.5, 0.6) is 0 Å². The third-order valence-electron chi connectivity index (χ3n) is 4.80. The number of fused-ring (bicyclic) bond motifs is 1. The number of aromatic nitrogens is 4. The van der Waals surface area contributed by atoms with Crippen LogP contribution in [0.4, 0.5) is 10.2 Å². The molecule has 2 aromatic heterocycles. The predicted molar refractivity (Wildman–Crippen MR) is 99.8 cm³/mol. The van der Waals surface area contributed by atoms with Gasteiger partial charge in [-0.1, -0.05) is 12.1 Å². The Hall–Kier alpha value is -2.59. The number of nitrogens with zero attached hydrogens (tertiary/aromatic N) is 5. The standard InChI is InChI=1S/C17H19FN6O2S/c1-19-27(25,26)10-12-5-4-8-23(12)16-13-9-22-24(17(13)21-11-20-16)15-7-3-2-6-14(15)18/h2-3,6-7,9,11-12,19H,4-5,8,10H2,1H3. The number of sulfonamides is 1. The second-order valence-corrected chi connectivity index (χ2v) is 8.39. The second-order valence-electron chi connectivity index (χ2n) is 6.42. The van der Waals surface area contributed by atoms with E-state index >= 15 is 0 Å². The highest BCUT2D eigenvalue weighted by molar-refractivity contribution is 7.89. The van der Waals surface area contributed by atoms with E-state index in [0.29, 0.717) is 29.1 Å². The Morgan fingerprint density at radius 3 is 2.89 bits per heavy atom. The van der Waals surface area contributed by atoms with Crippen LogP contribution in [0.2, 0.25) is 0 Å². The highest BCUT2D eigenvalue weighted by Gasteiger charge is 2.31. The summed E-state index contributed by atoms with van der Waals surface area (Å²) in [5.74, 6) is 0.217. The van der Waals surface area contributed by atoms with Crippen LogP contribution < -0.4 is 9.62 Å². The number of nitrogens with one attached hydrogen (secondary N) is 1. The quantitative estimate of drug-likeness (QED) is 0.709. The molecular formula is C17H19FN6O2S. The van der Waals surface area contributed by atoms with Crippen LogP contribution in [0, 0.1) is 5.82 Å². The summed E-state index contributed by atoms with van der Waals surface area (Å²) in [6.45, 7) is 0.695. The lowest BCUT2D eigenvalue weighted by Gasteiger charge is -2.25. The Bertz CT molecular complexity index is 1080. The maximum absolute atomic E-state index is 14.2. The fourth-order valence-corrected chi connectivity index (χ4v) is 4.50. The Morgan fingerprint density at radius 2 is 2.11 bits per heavy atom. The summed E-state index contributed by atoms with van der Waals surface area (Å²) >= 11 is 0. The summed E-state index contributed by atoms with van der Waals surface area (Å²) in [5, 5.41) is 4.95. The zero-order chi connectivity index (χ0) is 19.0. The maximum atomic E-state index is 14.2. The molecule has 0 amide bonds. The van der Waals surface area contributed by atoms with Crippen molar-refractivity contribution in [2.24, 2.45) is 0 Å². The van der Waals surface area contributed by atoms with Crippen LogP contribution in [0.25, 0.3) is 16.7 Å². The molecule has 10 heteroatoms. The van der Waals surface area contributed by atoms with Gasteiger partial charge in [-0.2, -0.15) is 5.10 Å². The van der Waals surface area contributed by atoms with E-state index in [1.807, 2.05) is 4.90 Å². The second kappa shape index (κ2) is 6.86. The van der Waals surface area contributed by atoms with Crippen molar-refractivity contribution in [2.45, 2.75) is 18.9 Å². The Kier molecular flexibility index (Phi) is 4.52. The third kappa shape index (κ3) is 3.26. The molecule has 3 aromatic rings. The molecule has 1 N–H and O–H groups in total. The van der Waals surface area contributed by atoms with Gasteiger partial charge in [-0.25, -0.2) is 32.2 Å². The van der Waals surface area contributed by atoms with Gasteiger partial charge in [0, 0.05) is 12.6 Å². The molecule has 1 atom stereocenters. The molecule has 0 saturated carbocycles. The number of benzene rings is 1. The number of para-hydroxylation sites is 1. The molecule has 1 aliphatic rings. The van der Waals surface area contributed by atoms with Gasteiger partial charge in [-0.3, -0.25) is 0 Å². The molecule has 27 heavy (non-hydrogen) atoms. The van der Waals surface area contributed by atoms with E-state index in [9.17, 15) is 12.8 Å². The predicted octanol–water partition coefficient (Wildman–Crippen LogP) is 1.47. The number of anilines is 1. The van der Waals surface area contributed by atoms with Crippen molar-refractivity contribution in [1.29, 1.82) is 0 Å². The molecule has 4 rings (SSSR count). The average molecular weight is 390 g/mol. The minimum absolute atomic E-state index is 0.00353. The van der Waals surface area contributed by atoms with Gasteiger partial charge in [-0.05, 0) is 32.0 Å². The first-order valence-electron chi connectivity index (χ1n) is 8.61. The summed E-state index contributed by atoms with van der Waals surface area (Å²) in [4.78, 5) is 10.6. The van der Waals surface area contributed by atoms with E-state index in [1.54, 1.807) is 24.4 Å². The molecular weight excluding hydrogens is 371 g/mol. The lowest BCUT2D eigenvalue weighted by molar-refractivity contribution is 0.577. The molecule has 0 bridgehead atoms. The Labute approximate surface area is 156 Å². The molecule has 3 heterocycles. The summed E-state index contributed by atoms with van der Waals surface area (Å²) in [6.07, 6.45) is 4.63. The van der Waals surface area contributed by atoms with E-state index in [0.717, 1.165) is 12.8 Å². The Morgan fingerprint density at radius 1 is 1.30 bits per heavy atom. The largest absolute Gasteiger partial charge is 0.352 e. The third-order valence-corrected chi connectivity index (χ3v) is 6.24. The van der Waals surface area contributed by atoms with Gasteiger partial charge in [0.1, 0.15) is 23.6 Å². The zero-order valence-corrected chi connectivity index (χ0v) is 15.5. The van der Waals surface area contributed by atoms with Crippen LogP contribution in [0.1, 0.15) is 12.8 Å². The van der Waals surface area contributed by atoms with E-state index in [4.69, 9.17) is 0 Å². The van der Waals surface area contributed by atoms with Gasteiger partial charge in [0.05, 0.1) is 17.3 Å². The van der Waals surface area contributed by atoms with Gasteiger partial charge < -0.3 is 4.90 Å². The monoisotopic (exact) mass is 390 g/mol. The zero-order valence-electron chi connectivity index (χ0n) is 14.7. The van der Waals surface area contributed by atoms with E-state index in [-0.39, 0.29) is 11.8 Å². The van der Waals surface area contributed by atoms with Gasteiger partial charge in [0.25, 0.3) is 0 Å². The SMILES string of the molecule is CNS(=O)(=O)CC1CCCN1c1ncnc2c1cnn2-c1ccccc1F. The van der Waals surface area contributed by atoms with Gasteiger partial charge in [0.2, 0.25) is 10.0 Å². The first kappa shape index (κ1) is 17.8. The minimum atomic E-state index is -3.35. The van der Waals surface area contributed by atoms with Crippen LogP contribution in [0.3, 0.4) is 0 Å². The van der Waals surface area contributed by atoms with Gasteiger partial charge in [0.15, 0.2) is 5.65 Å². The minimum Gasteiger partial charge on any atom is -0.352 e. The topological polar surface area (TPSA) is 93.0 Å². The van der Waals surface area contributed by atoms with Crippen molar-refractivity contribution < 1.29 is 12.8 Å². The fraction of sp³-hybridized carbons (Fsp3) is 0.353. The number of hydrogen-bond acceptors (Lipinski definition) is 6. The molecule has 1 aliphatic heterocycles. The fourth-order valence-electron chi connectivity index (χ4n) is 3.48. The summed E-state index contributed by atoms with van der Waals surface area (Å²) < 4.78 is 42.0. The Balaban J connectivity index is 1.76. The van der Waals surface area contributed by atoms with Crippen LogP contribution >= 0.6 is 0 Å². The average Bonchev–Trinajstić information content (AvgIpc) is 3.28. The van der Waals surface area contributed by atoms with Crippen molar-refractivity contribution in [3.05, 3.63) is 42.6 Å². The number of halogens is 1. The summed E-state index contributed by atoms with van der Waals surface area (Å²) in [7, 11) is -1.93. The van der Waals surface area contributed by atoms with Crippen molar-refractivity contribution in [3.8, 4) is 5.69 Å². The first-order valence-corrected chi connectivity index (χ1v) is 10.3. The molecule has 1 saturated heterocycles.